The molecule has 0 aliphatic carbocycles. The lowest BCUT2D eigenvalue weighted by Gasteiger charge is -2.55. The second-order valence-electron chi connectivity index (χ2n) is 11.1. The number of carbonyl (C=O) groups excluding carboxylic acids is 2. The predicted octanol–water partition coefficient (Wildman–Crippen LogP) is 6.21. The number of amides is 2. The molecule has 0 aromatic heterocycles. The number of alkyl halides is 3. The molecule has 3 unspecified atom stereocenters. The molecule has 41 heavy (non-hydrogen) atoms. The molecule has 3 aliphatic rings. The van der Waals surface area contributed by atoms with E-state index in [4.69, 9.17) is 23.2 Å². The fourth-order valence-electron chi connectivity index (χ4n) is 5.92. The number of hydrogen-bond acceptors (Lipinski definition) is 5. The molecule has 2 aromatic rings. The number of halogens is 5. The maximum Gasteiger partial charge on any atom is 0.416 e. The molecule has 0 saturated carbocycles. The molecule has 3 aliphatic heterocycles. The number of piperazine rings is 1. The van der Waals surface area contributed by atoms with E-state index < -0.39 is 30.0 Å². The van der Waals surface area contributed by atoms with Crippen molar-refractivity contribution in [1.82, 2.24) is 19.0 Å². The summed E-state index contributed by atoms with van der Waals surface area (Å²) in [6, 6.07) is 8.73. The SMILES string of the molecule is CC(C)N1CC2N(Sc3ccc(Cl)cc3Cl)CC(N3CCCCC3)C(=O)N2C(Cc2ccc(C(F)(F)F)cc2)C1=O. The first-order valence-electron chi connectivity index (χ1n) is 13.9. The molecule has 3 atom stereocenters. The first-order chi connectivity index (χ1) is 19.4. The van der Waals surface area contributed by atoms with Crippen LogP contribution in [0.1, 0.15) is 44.2 Å². The van der Waals surface area contributed by atoms with E-state index in [9.17, 15) is 22.8 Å². The Bertz CT molecular complexity index is 1270. The molecule has 3 fully saturated rings. The number of hydrogen-bond donors (Lipinski definition) is 0. The molecule has 222 valence electrons. The lowest BCUT2D eigenvalue weighted by atomic mass is 9.95. The smallest absolute Gasteiger partial charge is 0.335 e. The van der Waals surface area contributed by atoms with Crippen LogP contribution in [-0.4, -0.2) is 81.3 Å². The average Bonchev–Trinajstić information content (AvgIpc) is 2.92. The Morgan fingerprint density at radius 1 is 0.951 bits per heavy atom. The fourth-order valence-corrected chi connectivity index (χ4v) is 7.47. The summed E-state index contributed by atoms with van der Waals surface area (Å²) in [6.45, 7) is 6.22. The fraction of sp³-hybridized carbons (Fsp3) is 0.517. The van der Waals surface area contributed by atoms with Gasteiger partial charge in [-0.25, -0.2) is 4.31 Å². The van der Waals surface area contributed by atoms with E-state index in [2.05, 4.69) is 9.21 Å². The third kappa shape index (κ3) is 6.51. The van der Waals surface area contributed by atoms with Gasteiger partial charge < -0.3 is 9.80 Å². The van der Waals surface area contributed by atoms with Gasteiger partial charge in [0.2, 0.25) is 11.8 Å². The van der Waals surface area contributed by atoms with Gasteiger partial charge in [0.25, 0.3) is 0 Å². The van der Waals surface area contributed by atoms with Crippen LogP contribution in [0.4, 0.5) is 13.2 Å². The number of benzene rings is 2. The summed E-state index contributed by atoms with van der Waals surface area (Å²) in [5, 5.41) is 1.02. The lowest BCUT2D eigenvalue weighted by molar-refractivity contribution is -0.171. The first kappa shape index (κ1) is 30.5. The number of nitrogens with zero attached hydrogens (tertiary/aromatic N) is 4. The van der Waals surface area contributed by atoms with Crippen molar-refractivity contribution in [2.45, 2.75) is 74.9 Å². The van der Waals surface area contributed by atoms with Crippen molar-refractivity contribution >= 4 is 47.0 Å². The largest absolute Gasteiger partial charge is 0.416 e. The summed E-state index contributed by atoms with van der Waals surface area (Å²) in [4.78, 5) is 34.6. The van der Waals surface area contributed by atoms with Crippen molar-refractivity contribution in [2.24, 2.45) is 0 Å². The maximum atomic E-state index is 14.3. The van der Waals surface area contributed by atoms with Crippen LogP contribution in [-0.2, 0) is 22.2 Å². The van der Waals surface area contributed by atoms with E-state index >= 15 is 0 Å². The molecule has 3 saturated heterocycles. The number of rotatable bonds is 6. The predicted molar refractivity (Wildman–Crippen MR) is 155 cm³/mol. The molecular weight excluding hydrogens is 596 g/mol. The van der Waals surface area contributed by atoms with Crippen molar-refractivity contribution in [3.05, 3.63) is 63.6 Å². The van der Waals surface area contributed by atoms with E-state index in [-0.39, 0.29) is 24.3 Å². The Balaban J connectivity index is 1.52. The number of fused-ring (bicyclic) bond motifs is 1. The number of likely N-dealkylation sites (tertiary alicyclic amines) is 1. The summed E-state index contributed by atoms with van der Waals surface area (Å²) in [5.74, 6) is -0.303. The van der Waals surface area contributed by atoms with Crippen LogP contribution in [0.3, 0.4) is 0 Å². The summed E-state index contributed by atoms with van der Waals surface area (Å²) >= 11 is 14.1. The third-order valence-corrected chi connectivity index (χ3v) is 9.92. The normalized spacial score (nSPS) is 24.7. The van der Waals surface area contributed by atoms with Gasteiger partial charge in [0, 0.05) is 28.9 Å². The van der Waals surface area contributed by atoms with Crippen LogP contribution in [0.2, 0.25) is 10.0 Å². The quantitative estimate of drug-likeness (QED) is 0.356. The molecule has 0 radical (unpaired) electrons. The van der Waals surface area contributed by atoms with E-state index in [0.29, 0.717) is 28.7 Å². The maximum absolute atomic E-state index is 14.3. The zero-order valence-corrected chi connectivity index (χ0v) is 25.2. The highest BCUT2D eigenvalue weighted by atomic mass is 35.5. The van der Waals surface area contributed by atoms with Crippen molar-refractivity contribution in [1.29, 1.82) is 0 Å². The van der Waals surface area contributed by atoms with Crippen LogP contribution in [0.15, 0.2) is 47.4 Å². The minimum atomic E-state index is -4.45. The molecule has 0 spiro atoms. The Morgan fingerprint density at radius 2 is 1.63 bits per heavy atom. The molecule has 5 rings (SSSR count). The van der Waals surface area contributed by atoms with Crippen LogP contribution in [0, 0.1) is 0 Å². The topological polar surface area (TPSA) is 47.1 Å². The van der Waals surface area contributed by atoms with Gasteiger partial charge in [0.15, 0.2) is 0 Å². The van der Waals surface area contributed by atoms with Gasteiger partial charge in [0.1, 0.15) is 18.2 Å². The van der Waals surface area contributed by atoms with Crippen LogP contribution >= 0.6 is 35.1 Å². The molecule has 6 nitrogen and oxygen atoms in total. The molecule has 3 heterocycles. The minimum absolute atomic E-state index is 0.107. The molecule has 2 amide bonds. The van der Waals surface area contributed by atoms with E-state index in [1.807, 2.05) is 19.9 Å². The van der Waals surface area contributed by atoms with Crippen molar-refractivity contribution in [2.75, 3.05) is 26.2 Å². The minimum Gasteiger partial charge on any atom is -0.335 e. The first-order valence-corrected chi connectivity index (χ1v) is 15.4. The number of carbonyl (C=O) groups is 2. The van der Waals surface area contributed by atoms with Gasteiger partial charge in [-0.3, -0.25) is 14.5 Å². The zero-order valence-electron chi connectivity index (χ0n) is 22.9. The highest BCUT2D eigenvalue weighted by Gasteiger charge is 2.52. The summed E-state index contributed by atoms with van der Waals surface area (Å²) < 4.78 is 41.7. The van der Waals surface area contributed by atoms with Gasteiger partial charge in [-0.2, -0.15) is 13.2 Å². The van der Waals surface area contributed by atoms with Gasteiger partial charge >= 0.3 is 6.18 Å². The molecular formula is C29H33Cl2F3N4O2S. The van der Waals surface area contributed by atoms with Crippen molar-refractivity contribution in [3.63, 3.8) is 0 Å². The second kappa shape index (κ2) is 12.3. The van der Waals surface area contributed by atoms with Gasteiger partial charge in [-0.1, -0.05) is 41.8 Å². The van der Waals surface area contributed by atoms with Crippen molar-refractivity contribution in [3.8, 4) is 0 Å². The lowest BCUT2D eigenvalue weighted by Crippen LogP contribution is -2.75. The van der Waals surface area contributed by atoms with Gasteiger partial charge in [-0.05, 0) is 87.6 Å². The Labute approximate surface area is 252 Å². The Kier molecular flexibility index (Phi) is 9.16. The number of piperidine rings is 1. The summed E-state index contributed by atoms with van der Waals surface area (Å²) in [5.41, 5.74) is -0.187. The monoisotopic (exact) mass is 628 g/mol. The Morgan fingerprint density at radius 3 is 2.24 bits per heavy atom. The molecule has 2 aromatic carbocycles. The second-order valence-corrected chi connectivity index (χ2v) is 13.0. The zero-order chi connectivity index (χ0) is 29.5. The Hall–Kier alpha value is -1.98. The summed E-state index contributed by atoms with van der Waals surface area (Å²) in [7, 11) is 0. The molecule has 0 N–H and O–H groups in total. The van der Waals surface area contributed by atoms with Crippen LogP contribution in [0.5, 0.6) is 0 Å². The highest BCUT2D eigenvalue weighted by molar-refractivity contribution is 7.97. The third-order valence-electron chi connectivity index (χ3n) is 8.08. The van der Waals surface area contributed by atoms with E-state index in [1.54, 1.807) is 21.9 Å². The summed E-state index contributed by atoms with van der Waals surface area (Å²) in [6.07, 6.45) is -1.67. The van der Waals surface area contributed by atoms with E-state index in [0.717, 1.165) is 49.4 Å². The standard InChI is InChI=1S/C29H33Cl2F3N4O2S/c1-18(2)36-17-26-37(41-25-11-10-21(30)15-22(25)31)16-24(35-12-4-3-5-13-35)28(40)38(26)23(27(36)39)14-19-6-8-20(9-7-19)29(32,33)34/h6-11,15,18,23-24,26H,3-5,12-14,16-17H2,1-2H3. The van der Waals surface area contributed by atoms with Gasteiger partial charge in [0.05, 0.1) is 17.1 Å². The highest BCUT2D eigenvalue weighted by Crippen LogP contribution is 2.39. The molecule has 0 bridgehead atoms. The van der Waals surface area contributed by atoms with Crippen LogP contribution < -0.4 is 0 Å². The van der Waals surface area contributed by atoms with Gasteiger partial charge in [-0.15, -0.1) is 0 Å². The van der Waals surface area contributed by atoms with E-state index in [1.165, 1.54) is 24.1 Å². The molecule has 12 heteroatoms. The van der Waals surface area contributed by atoms with Crippen LogP contribution in [0.25, 0.3) is 0 Å². The average molecular weight is 630 g/mol. The van der Waals surface area contributed by atoms with Crippen molar-refractivity contribution < 1.29 is 22.8 Å².